The summed E-state index contributed by atoms with van der Waals surface area (Å²) in [5, 5.41) is 7.86. The number of nitrogens with one attached hydrogen (secondary N) is 2. The Morgan fingerprint density at radius 2 is 2.04 bits per heavy atom. The molecule has 0 saturated carbocycles. The van der Waals surface area contributed by atoms with E-state index in [0.717, 1.165) is 16.5 Å². The van der Waals surface area contributed by atoms with Crippen LogP contribution in [0.2, 0.25) is 5.02 Å². The Kier molecular flexibility index (Phi) is 4.22. The number of rotatable bonds is 3. The standard InChI is InChI=1S/C19H15ClN4OS/c1-10-22-19(25)18(26-10)12-2-6-15-11(8-12)3-7-17(23-15)24-16-9-13(21)4-5-14(16)20/h2-9,18H,1,21H2,(H,22,25)(H,23,24). The molecular formula is C19H15ClN4OS. The summed E-state index contributed by atoms with van der Waals surface area (Å²) in [4.78, 5) is 16.6. The van der Waals surface area contributed by atoms with Crippen molar-refractivity contribution in [3.8, 4) is 0 Å². The molecule has 130 valence electrons. The lowest BCUT2D eigenvalue weighted by atomic mass is 10.1. The van der Waals surface area contributed by atoms with E-state index in [-0.39, 0.29) is 11.2 Å². The molecule has 1 atom stereocenters. The van der Waals surface area contributed by atoms with E-state index >= 15 is 0 Å². The van der Waals surface area contributed by atoms with Crippen LogP contribution in [0.4, 0.5) is 17.2 Å². The molecule has 1 amide bonds. The summed E-state index contributed by atoms with van der Waals surface area (Å²) in [5.74, 6) is 0.626. The first kappa shape index (κ1) is 16.8. The maximum Gasteiger partial charge on any atom is 0.242 e. The second-order valence-corrected chi connectivity index (χ2v) is 7.53. The molecule has 0 spiro atoms. The minimum Gasteiger partial charge on any atom is -0.399 e. The van der Waals surface area contributed by atoms with E-state index in [1.165, 1.54) is 11.8 Å². The molecule has 1 aliphatic heterocycles. The lowest BCUT2D eigenvalue weighted by Gasteiger charge is -2.11. The molecule has 4 N–H and O–H groups in total. The fourth-order valence-electron chi connectivity index (χ4n) is 2.80. The highest BCUT2D eigenvalue weighted by Crippen LogP contribution is 2.39. The second-order valence-electron chi connectivity index (χ2n) is 5.92. The number of hydrogen-bond acceptors (Lipinski definition) is 5. The van der Waals surface area contributed by atoms with Crippen LogP contribution in [-0.4, -0.2) is 10.9 Å². The summed E-state index contributed by atoms with van der Waals surface area (Å²) in [6.45, 7) is 3.80. The highest BCUT2D eigenvalue weighted by molar-refractivity contribution is 8.04. The van der Waals surface area contributed by atoms with Crippen molar-refractivity contribution in [2.75, 3.05) is 11.1 Å². The summed E-state index contributed by atoms with van der Waals surface area (Å²) in [6.07, 6.45) is 0. The van der Waals surface area contributed by atoms with Crippen molar-refractivity contribution in [3.63, 3.8) is 0 Å². The van der Waals surface area contributed by atoms with Gasteiger partial charge in [0.25, 0.3) is 0 Å². The van der Waals surface area contributed by atoms with Crippen molar-refractivity contribution in [2.45, 2.75) is 5.25 Å². The van der Waals surface area contributed by atoms with Crippen LogP contribution in [0, 0.1) is 0 Å². The van der Waals surface area contributed by atoms with Crippen LogP contribution in [0.5, 0.6) is 0 Å². The zero-order chi connectivity index (χ0) is 18.3. The summed E-state index contributed by atoms with van der Waals surface area (Å²) < 4.78 is 0. The molecule has 1 fully saturated rings. The molecular weight excluding hydrogens is 368 g/mol. The van der Waals surface area contributed by atoms with E-state index in [2.05, 4.69) is 22.2 Å². The number of carbonyl (C=O) groups excluding carboxylic acids is 1. The molecule has 2 heterocycles. The van der Waals surface area contributed by atoms with Gasteiger partial charge in [0.05, 0.1) is 21.3 Å². The Hall–Kier alpha value is -2.70. The SMILES string of the molecule is C=C1NC(=O)C(c2ccc3nc(Nc4cc(N)ccc4Cl)ccc3c2)S1. The zero-order valence-corrected chi connectivity index (χ0v) is 15.2. The normalized spacial score (nSPS) is 16.7. The average molecular weight is 383 g/mol. The number of nitrogen functional groups attached to an aromatic ring is 1. The zero-order valence-electron chi connectivity index (χ0n) is 13.6. The first-order valence-corrected chi connectivity index (χ1v) is 9.14. The average Bonchev–Trinajstić information content (AvgIpc) is 2.96. The molecule has 2 aromatic carbocycles. The molecule has 0 aliphatic carbocycles. The van der Waals surface area contributed by atoms with Crippen LogP contribution in [-0.2, 0) is 4.79 Å². The van der Waals surface area contributed by atoms with Crippen LogP contribution in [0.15, 0.2) is 60.1 Å². The Morgan fingerprint density at radius 1 is 1.19 bits per heavy atom. The topological polar surface area (TPSA) is 80.0 Å². The number of hydrogen-bond donors (Lipinski definition) is 3. The van der Waals surface area contributed by atoms with Crippen molar-refractivity contribution in [1.82, 2.24) is 10.3 Å². The first-order chi connectivity index (χ1) is 12.5. The number of carbonyl (C=O) groups is 1. The van der Waals surface area contributed by atoms with Gasteiger partial charge >= 0.3 is 0 Å². The highest BCUT2D eigenvalue weighted by atomic mass is 35.5. The van der Waals surface area contributed by atoms with E-state index in [1.807, 2.05) is 30.3 Å². The van der Waals surface area contributed by atoms with Gasteiger partial charge in [0.1, 0.15) is 11.1 Å². The van der Waals surface area contributed by atoms with Gasteiger partial charge in [-0.25, -0.2) is 4.98 Å². The van der Waals surface area contributed by atoms with Gasteiger partial charge in [0.15, 0.2) is 0 Å². The number of fused-ring (bicyclic) bond motifs is 1. The van der Waals surface area contributed by atoms with E-state index in [0.29, 0.717) is 27.2 Å². The maximum absolute atomic E-state index is 12.0. The quantitative estimate of drug-likeness (QED) is 0.577. The van der Waals surface area contributed by atoms with Crippen molar-refractivity contribution >= 4 is 57.4 Å². The molecule has 1 saturated heterocycles. The lowest BCUT2D eigenvalue weighted by molar-refractivity contribution is -0.119. The fraction of sp³-hybridized carbons (Fsp3) is 0.0526. The van der Waals surface area contributed by atoms with Crippen molar-refractivity contribution in [2.24, 2.45) is 0 Å². The van der Waals surface area contributed by atoms with E-state index in [9.17, 15) is 4.79 Å². The Labute approximate surface area is 159 Å². The molecule has 1 unspecified atom stereocenters. The Morgan fingerprint density at radius 3 is 2.81 bits per heavy atom. The Balaban J connectivity index is 1.64. The van der Waals surface area contributed by atoms with E-state index in [4.69, 9.17) is 17.3 Å². The van der Waals surface area contributed by atoms with Gasteiger partial charge in [-0.1, -0.05) is 36.0 Å². The second kappa shape index (κ2) is 6.55. The summed E-state index contributed by atoms with van der Waals surface area (Å²) >= 11 is 7.62. The van der Waals surface area contributed by atoms with Gasteiger partial charge in [-0.2, -0.15) is 0 Å². The first-order valence-electron chi connectivity index (χ1n) is 7.89. The summed E-state index contributed by atoms with van der Waals surface area (Å²) in [6, 6.07) is 14.9. The van der Waals surface area contributed by atoms with Gasteiger partial charge in [-0.05, 0) is 48.0 Å². The van der Waals surface area contributed by atoms with Crippen LogP contribution in [0.3, 0.4) is 0 Å². The molecule has 4 rings (SSSR count). The third-order valence-electron chi connectivity index (χ3n) is 4.03. The number of nitrogens with two attached hydrogens (primary N) is 1. The van der Waals surface area contributed by atoms with Gasteiger partial charge < -0.3 is 16.4 Å². The number of amides is 1. The molecule has 1 aromatic heterocycles. The minimum absolute atomic E-state index is 0.0399. The van der Waals surface area contributed by atoms with Crippen LogP contribution >= 0.6 is 23.4 Å². The van der Waals surface area contributed by atoms with E-state index in [1.54, 1.807) is 18.2 Å². The van der Waals surface area contributed by atoms with Crippen molar-refractivity contribution in [3.05, 3.63) is 70.7 Å². The lowest BCUT2D eigenvalue weighted by Crippen LogP contribution is -2.16. The third-order valence-corrected chi connectivity index (χ3v) is 5.47. The van der Waals surface area contributed by atoms with Gasteiger partial charge in [0.2, 0.25) is 5.91 Å². The Bertz CT molecular complexity index is 1050. The largest absolute Gasteiger partial charge is 0.399 e. The third kappa shape index (κ3) is 3.21. The molecule has 7 heteroatoms. The van der Waals surface area contributed by atoms with Crippen LogP contribution < -0.4 is 16.4 Å². The summed E-state index contributed by atoms with van der Waals surface area (Å²) in [5.41, 5.74) is 8.88. The molecule has 1 aliphatic rings. The molecule has 0 bridgehead atoms. The molecule has 0 radical (unpaired) electrons. The van der Waals surface area contributed by atoms with Crippen LogP contribution in [0.25, 0.3) is 10.9 Å². The predicted octanol–water partition coefficient (Wildman–Crippen LogP) is 4.59. The number of anilines is 3. The number of thioether (sulfide) groups is 1. The molecule has 3 aromatic rings. The van der Waals surface area contributed by atoms with Crippen LogP contribution in [0.1, 0.15) is 10.8 Å². The smallest absolute Gasteiger partial charge is 0.242 e. The number of benzene rings is 2. The number of pyridine rings is 1. The number of aromatic nitrogens is 1. The number of halogens is 1. The maximum atomic E-state index is 12.0. The fourth-order valence-corrected chi connectivity index (χ4v) is 3.86. The molecule has 26 heavy (non-hydrogen) atoms. The van der Waals surface area contributed by atoms with Gasteiger partial charge in [-0.3, -0.25) is 4.79 Å². The number of nitrogens with zero attached hydrogens (tertiary/aromatic N) is 1. The van der Waals surface area contributed by atoms with Crippen molar-refractivity contribution in [1.29, 1.82) is 0 Å². The predicted molar refractivity (Wildman–Crippen MR) is 109 cm³/mol. The van der Waals surface area contributed by atoms with E-state index < -0.39 is 0 Å². The van der Waals surface area contributed by atoms with Gasteiger partial charge in [-0.15, -0.1) is 0 Å². The van der Waals surface area contributed by atoms with Crippen molar-refractivity contribution < 1.29 is 4.79 Å². The summed E-state index contributed by atoms with van der Waals surface area (Å²) in [7, 11) is 0. The monoisotopic (exact) mass is 382 g/mol. The molecule has 5 nitrogen and oxygen atoms in total. The highest BCUT2D eigenvalue weighted by Gasteiger charge is 2.29. The van der Waals surface area contributed by atoms with Gasteiger partial charge in [0, 0.05) is 11.1 Å². The minimum atomic E-state index is -0.268.